The van der Waals surface area contributed by atoms with Gasteiger partial charge >= 0.3 is 0 Å². The van der Waals surface area contributed by atoms with Gasteiger partial charge in [-0.05, 0) is 63.5 Å². The smallest absolute Gasteiger partial charge is 0.191 e. The van der Waals surface area contributed by atoms with Crippen LogP contribution in [0.3, 0.4) is 0 Å². The number of hydrogen-bond acceptors (Lipinski definition) is 3. The van der Waals surface area contributed by atoms with E-state index in [-0.39, 0.29) is 0 Å². The molecule has 0 radical (unpaired) electrons. The summed E-state index contributed by atoms with van der Waals surface area (Å²) in [6, 6.07) is 6.52. The van der Waals surface area contributed by atoms with Crippen LogP contribution in [0.2, 0.25) is 0 Å². The molecule has 2 rings (SSSR count). The molecule has 0 amide bonds. The zero-order valence-corrected chi connectivity index (χ0v) is 15.2. The van der Waals surface area contributed by atoms with Crippen molar-refractivity contribution in [2.75, 3.05) is 25.0 Å². The topological polar surface area (TPSA) is 61.3 Å². The monoisotopic (exact) mass is 331 g/mol. The van der Waals surface area contributed by atoms with Gasteiger partial charge in [0.25, 0.3) is 0 Å². The second-order valence-electron chi connectivity index (χ2n) is 6.71. The van der Waals surface area contributed by atoms with E-state index in [9.17, 15) is 0 Å². The van der Waals surface area contributed by atoms with E-state index in [2.05, 4.69) is 34.8 Å². The number of nitrogens with zero attached hydrogens (tertiary/aromatic N) is 2. The highest BCUT2D eigenvalue weighted by Crippen LogP contribution is 2.23. The van der Waals surface area contributed by atoms with Crippen LogP contribution in [-0.2, 0) is 0 Å². The first-order valence-corrected chi connectivity index (χ1v) is 9.47. The summed E-state index contributed by atoms with van der Waals surface area (Å²) in [5.74, 6) is 2.81. The van der Waals surface area contributed by atoms with Gasteiger partial charge in [0.2, 0.25) is 0 Å². The zero-order valence-electron chi connectivity index (χ0n) is 15.2. The largest absolute Gasteiger partial charge is 0.370 e. The Morgan fingerprint density at radius 2 is 2.04 bits per heavy atom. The number of hydrogen-bond donors (Lipinski definition) is 3. The van der Waals surface area contributed by atoms with Crippen LogP contribution in [0.4, 0.5) is 5.82 Å². The lowest BCUT2D eigenvalue weighted by Gasteiger charge is -2.28. The molecule has 0 atom stereocenters. The molecule has 1 saturated carbocycles. The molecule has 24 heavy (non-hydrogen) atoms. The SMILES string of the molecule is CCNC(=NCCCCNc1ccccn1)NC1CCC(C)CC1. The average Bonchev–Trinajstić information content (AvgIpc) is 2.61. The Kier molecular flexibility index (Phi) is 8.42. The highest BCUT2D eigenvalue weighted by molar-refractivity contribution is 5.80. The summed E-state index contributed by atoms with van der Waals surface area (Å²) in [5, 5.41) is 10.3. The molecule has 0 saturated heterocycles. The molecule has 1 aromatic heterocycles. The third-order valence-electron chi connectivity index (χ3n) is 4.53. The van der Waals surface area contributed by atoms with E-state index >= 15 is 0 Å². The van der Waals surface area contributed by atoms with Crippen molar-refractivity contribution in [1.82, 2.24) is 15.6 Å². The molecule has 0 unspecified atom stereocenters. The fourth-order valence-corrected chi connectivity index (χ4v) is 3.03. The number of guanidine groups is 1. The summed E-state index contributed by atoms with van der Waals surface area (Å²) in [4.78, 5) is 8.98. The minimum absolute atomic E-state index is 0.588. The summed E-state index contributed by atoms with van der Waals surface area (Å²) >= 11 is 0. The molecular formula is C19H33N5. The van der Waals surface area contributed by atoms with E-state index in [1.807, 2.05) is 24.4 Å². The maximum absolute atomic E-state index is 4.72. The number of anilines is 1. The fourth-order valence-electron chi connectivity index (χ4n) is 3.03. The minimum atomic E-state index is 0.588. The summed E-state index contributed by atoms with van der Waals surface area (Å²) in [6.07, 6.45) is 9.18. The molecule has 1 aromatic rings. The summed E-state index contributed by atoms with van der Waals surface area (Å²) < 4.78 is 0. The molecule has 5 heteroatoms. The molecule has 1 aliphatic carbocycles. The van der Waals surface area contributed by atoms with Gasteiger partial charge in [-0.2, -0.15) is 0 Å². The van der Waals surface area contributed by atoms with Gasteiger partial charge < -0.3 is 16.0 Å². The van der Waals surface area contributed by atoms with Gasteiger partial charge in [0.1, 0.15) is 5.82 Å². The molecule has 0 aliphatic heterocycles. The van der Waals surface area contributed by atoms with Crippen LogP contribution >= 0.6 is 0 Å². The van der Waals surface area contributed by atoms with Gasteiger partial charge in [0.05, 0.1) is 0 Å². The lowest BCUT2D eigenvalue weighted by atomic mass is 9.87. The molecule has 0 bridgehead atoms. The first kappa shape index (κ1) is 18.6. The van der Waals surface area contributed by atoms with E-state index in [0.717, 1.165) is 50.2 Å². The molecular weight excluding hydrogens is 298 g/mol. The van der Waals surface area contributed by atoms with Crippen molar-refractivity contribution in [3.8, 4) is 0 Å². The van der Waals surface area contributed by atoms with Crippen LogP contribution < -0.4 is 16.0 Å². The maximum Gasteiger partial charge on any atom is 0.191 e. The Hall–Kier alpha value is -1.78. The van der Waals surface area contributed by atoms with Crippen molar-refractivity contribution in [2.24, 2.45) is 10.9 Å². The van der Waals surface area contributed by atoms with Gasteiger partial charge in [-0.1, -0.05) is 13.0 Å². The molecule has 1 heterocycles. The van der Waals surface area contributed by atoms with Gasteiger partial charge in [0, 0.05) is 31.9 Å². The predicted octanol–water partition coefficient (Wildman–Crippen LogP) is 3.41. The second kappa shape index (κ2) is 10.9. The van der Waals surface area contributed by atoms with Crippen molar-refractivity contribution in [1.29, 1.82) is 0 Å². The van der Waals surface area contributed by atoms with Crippen LogP contribution in [0.1, 0.15) is 52.4 Å². The van der Waals surface area contributed by atoms with Gasteiger partial charge in [0.15, 0.2) is 5.96 Å². The lowest BCUT2D eigenvalue weighted by molar-refractivity contribution is 0.329. The number of rotatable bonds is 8. The molecule has 3 N–H and O–H groups in total. The molecule has 1 fully saturated rings. The van der Waals surface area contributed by atoms with Crippen molar-refractivity contribution in [2.45, 2.75) is 58.4 Å². The van der Waals surface area contributed by atoms with Gasteiger partial charge in [-0.15, -0.1) is 0 Å². The molecule has 0 aromatic carbocycles. The third-order valence-corrected chi connectivity index (χ3v) is 4.53. The van der Waals surface area contributed by atoms with Crippen LogP contribution in [-0.4, -0.2) is 36.6 Å². The Balaban J connectivity index is 1.63. The first-order valence-electron chi connectivity index (χ1n) is 9.47. The number of aromatic nitrogens is 1. The number of pyridine rings is 1. The van der Waals surface area contributed by atoms with E-state index in [0.29, 0.717) is 6.04 Å². The van der Waals surface area contributed by atoms with Crippen LogP contribution in [0.15, 0.2) is 29.4 Å². The Morgan fingerprint density at radius 3 is 2.75 bits per heavy atom. The second-order valence-corrected chi connectivity index (χ2v) is 6.71. The standard InChI is InChI=1S/C19H33N5/c1-3-20-19(24-17-11-9-16(2)10-12-17)23-15-7-6-14-22-18-8-4-5-13-21-18/h4-5,8,13,16-17H,3,6-7,9-12,14-15H2,1-2H3,(H,21,22)(H2,20,23,24). The average molecular weight is 332 g/mol. The molecule has 134 valence electrons. The van der Waals surface area contributed by atoms with E-state index < -0.39 is 0 Å². The minimum Gasteiger partial charge on any atom is -0.370 e. The van der Waals surface area contributed by atoms with Crippen LogP contribution in [0.5, 0.6) is 0 Å². The highest BCUT2D eigenvalue weighted by Gasteiger charge is 2.18. The zero-order chi connectivity index (χ0) is 17.0. The van der Waals surface area contributed by atoms with Crippen molar-refractivity contribution in [3.05, 3.63) is 24.4 Å². The number of unbranched alkanes of at least 4 members (excludes halogenated alkanes) is 1. The Bertz CT molecular complexity index is 466. The van der Waals surface area contributed by atoms with E-state index in [1.165, 1.54) is 25.7 Å². The van der Waals surface area contributed by atoms with Crippen LogP contribution in [0, 0.1) is 5.92 Å². The van der Waals surface area contributed by atoms with Crippen molar-refractivity contribution < 1.29 is 0 Å². The number of nitrogens with one attached hydrogen (secondary N) is 3. The van der Waals surface area contributed by atoms with E-state index in [4.69, 9.17) is 4.99 Å². The summed E-state index contributed by atoms with van der Waals surface area (Å²) in [6.45, 7) is 7.20. The number of aliphatic imine (C=N–C) groups is 1. The van der Waals surface area contributed by atoms with Gasteiger partial charge in [-0.25, -0.2) is 4.98 Å². The predicted molar refractivity (Wildman–Crippen MR) is 102 cm³/mol. The van der Waals surface area contributed by atoms with Crippen LogP contribution in [0.25, 0.3) is 0 Å². The summed E-state index contributed by atoms with van der Waals surface area (Å²) in [5.41, 5.74) is 0. The molecule has 5 nitrogen and oxygen atoms in total. The highest BCUT2D eigenvalue weighted by atomic mass is 15.2. The summed E-state index contributed by atoms with van der Waals surface area (Å²) in [7, 11) is 0. The first-order chi connectivity index (χ1) is 11.8. The third kappa shape index (κ3) is 7.20. The molecule has 1 aliphatic rings. The fraction of sp³-hybridized carbons (Fsp3) is 0.684. The van der Waals surface area contributed by atoms with Crippen molar-refractivity contribution >= 4 is 11.8 Å². The Labute approximate surface area is 146 Å². The van der Waals surface area contributed by atoms with Crippen molar-refractivity contribution in [3.63, 3.8) is 0 Å². The van der Waals surface area contributed by atoms with E-state index in [1.54, 1.807) is 0 Å². The maximum atomic E-state index is 4.72. The molecule has 0 spiro atoms. The quantitative estimate of drug-likeness (QED) is 0.388. The lowest BCUT2D eigenvalue weighted by Crippen LogP contribution is -2.44. The van der Waals surface area contributed by atoms with Gasteiger partial charge in [-0.3, -0.25) is 4.99 Å². The normalized spacial score (nSPS) is 21.3. The Morgan fingerprint density at radius 1 is 1.21 bits per heavy atom.